The fourth-order valence-electron chi connectivity index (χ4n) is 1.87. The number of nitrogens with one attached hydrogen (secondary N) is 2. The standard InChI is InChI=1S/C12H19ClN2O5/c1-12(2,3)19-11(18)15-8(10(17)20-13)6-7-4-5-14-9(7)16/h7-8H,4-6H2,1-3H3,(H,14,16)(H,15,18)/t7-,8-/m0/s1. The van der Waals surface area contributed by atoms with Gasteiger partial charge in [0.2, 0.25) is 5.91 Å². The monoisotopic (exact) mass is 306 g/mol. The molecular formula is C12H19ClN2O5. The summed E-state index contributed by atoms with van der Waals surface area (Å²) in [5.41, 5.74) is -0.690. The van der Waals surface area contributed by atoms with E-state index in [1.807, 2.05) is 0 Å². The highest BCUT2D eigenvalue weighted by Gasteiger charge is 2.33. The number of rotatable bonds is 4. The Morgan fingerprint density at radius 2 is 2.15 bits per heavy atom. The van der Waals surface area contributed by atoms with Crippen LogP contribution in [-0.2, 0) is 18.6 Å². The van der Waals surface area contributed by atoms with E-state index < -0.39 is 23.7 Å². The van der Waals surface area contributed by atoms with Crippen LogP contribution in [0.5, 0.6) is 0 Å². The van der Waals surface area contributed by atoms with Crippen LogP contribution in [0.25, 0.3) is 0 Å². The zero-order chi connectivity index (χ0) is 15.3. The quantitative estimate of drug-likeness (QED) is 0.811. The average molecular weight is 307 g/mol. The van der Waals surface area contributed by atoms with Gasteiger partial charge in [-0.25, -0.2) is 9.59 Å². The van der Waals surface area contributed by atoms with Crippen LogP contribution >= 0.6 is 11.9 Å². The minimum atomic E-state index is -1.02. The Labute approximate surface area is 122 Å². The third-order valence-corrected chi connectivity index (χ3v) is 2.89. The van der Waals surface area contributed by atoms with Crippen LogP contribution in [0, 0.1) is 5.92 Å². The number of carbonyl (C=O) groups is 3. The normalized spacial score (nSPS) is 20.0. The number of amides is 2. The molecule has 2 atom stereocenters. The van der Waals surface area contributed by atoms with E-state index in [-0.39, 0.29) is 18.2 Å². The summed E-state index contributed by atoms with van der Waals surface area (Å²) in [5.74, 6) is -1.33. The SMILES string of the molecule is CC(C)(C)OC(=O)N[C@@H](C[C@@H]1CCNC1=O)C(=O)OCl. The van der Waals surface area contributed by atoms with Crippen LogP contribution in [0.1, 0.15) is 33.6 Å². The molecule has 1 saturated heterocycles. The summed E-state index contributed by atoms with van der Waals surface area (Å²) in [6, 6.07) is -1.02. The van der Waals surface area contributed by atoms with Gasteiger partial charge in [-0.05, 0) is 33.6 Å². The number of hydrogen-bond donors (Lipinski definition) is 2. The molecule has 0 aliphatic carbocycles. The highest BCUT2D eigenvalue weighted by atomic mass is 35.5. The molecule has 0 aromatic carbocycles. The molecule has 0 unspecified atom stereocenters. The summed E-state index contributed by atoms with van der Waals surface area (Å²) in [4.78, 5) is 34.7. The third kappa shape index (κ3) is 5.24. The van der Waals surface area contributed by atoms with Gasteiger partial charge in [0.15, 0.2) is 0 Å². The fraction of sp³-hybridized carbons (Fsp3) is 0.750. The molecule has 0 bridgehead atoms. The summed E-state index contributed by atoms with van der Waals surface area (Å²) >= 11 is 5.04. The van der Waals surface area contributed by atoms with Gasteiger partial charge in [0.05, 0.1) is 0 Å². The highest BCUT2D eigenvalue weighted by molar-refractivity contribution is 6.14. The number of ether oxygens (including phenoxy) is 1. The van der Waals surface area contributed by atoms with Crippen LogP contribution in [0.15, 0.2) is 0 Å². The summed E-state index contributed by atoms with van der Waals surface area (Å²) in [6.45, 7) is 5.65. The molecule has 2 amide bonds. The maximum Gasteiger partial charge on any atom is 0.408 e. The minimum Gasteiger partial charge on any atom is -0.444 e. The molecule has 7 nitrogen and oxygen atoms in total. The maximum atomic E-state index is 11.7. The zero-order valence-corrected chi connectivity index (χ0v) is 12.5. The summed E-state index contributed by atoms with van der Waals surface area (Å²) in [5, 5.41) is 5.03. The van der Waals surface area contributed by atoms with E-state index in [0.29, 0.717) is 13.0 Å². The molecule has 1 rings (SSSR count). The van der Waals surface area contributed by atoms with Crippen LogP contribution in [-0.4, -0.2) is 36.2 Å². The predicted octanol–water partition coefficient (Wildman–Crippen LogP) is 1.10. The summed E-state index contributed by atoms with van der Waals surface area (Å²) in [7, 11) is 0. The molecule has 1 fully saturated rings. The first-order chi connectivity index (χ1) is 9.23. The molecule has 0 aromatic heterocycles. The molecule has 0 radical (unpaired) electrons. The first-order valence-corrected chi connectivity index (χ1v) is 6.63. The van der Waals surface area contributed by atoms with Crippen molar-refractivity contribution in [3.05, 3.63) is 0 Å². The Morgan fingerprint density at radius 3 is 2.60 bits per heavy atom. The molecule has 0 spiro atoms. The molecule has 114 valence electrons. The Morgan fingerprint density at radius 1 is 1.50 bits per heavy atom. The first kappa shape index (κ1) is 16.6. The van der Waals surface area contributed by atoms with Crippen LogP contribution in [0.2, 0.25) is 0 Å². The zero-order valence-electron chi connectivity index (χ0n) is 11.7. The lowest BCUT2D eigenvalue weighted by atomic mass is 9.98. The number of halogens is 1. The van der Waals surface area contributed by atoms with Gasteiger partial charge in [-0.15, -0.1) is 0 Å². The van der Waals surface area contributed by atoms with E-state index in [1.165, 1.54) is 0 Å². The van der Waals surface area contributed by atoms with Gasteiger partial charge < -0.3 is 19.7 Å². The minimum absolute atomic E-state index is 0.122. The molecule has 2 N–H and O–H groups in total. The van der Waals surface area contributed by atoms with E-state index in [0.717, 1.165) is 0 Å². The van der Waals surface area contributed by atoms with Gasteiger partial charge in [0, 0.05) is 12.5 Å². The van der Waals surface area contributed by atoms with Gasteiger partial charge in [-0.3, -0.25) is 4.79 Å². The van der Waals surface area contributed by atoms with Crippen molar-refractivity contribution in [3.63, 3.8) is 0 Å². The van der Waals surface area contributed by atoms with E-state index in [2.05, 4.69) is 14.9 Å². The second-order valence-corrected chi connectivity index (χ2v) is 5.76. The second-order valence-electron chi connectivity index (χ2n) is 5.61. The number of alkyl carbamates (subject to hydrolysis) is 1. The van der Waals surface area contributed by atoms with Crippen molar-refractivity contribution in [2.45, 2.75) is 45.3 Å². The van der Waals surface area contributed by atoms with E-state index in [4.69, 9.17) is 16.6 Å². The Bertz CT molecular complexity index is 394. The third-order valence-electron chi connectivity index (χ3n) is 2.73. The lowest BCUT2D eigenvalue weighted by molar-refractivity contribution is -0.137. The lowest BCUT2D eigenvalue weighted by Gasteiger charge is -2.23. The van der Waals surface area contributed by atoms with Crippen LogP contribution in [0.3, 0.4) is 0 Å². The molecular weight excluding hydrogens is 288 g/mol. The molecule has 0 saturated carbocycles. The van der Waals surface area contributed by atoms with Crippen molar-refractivity contribution < 1.29 is 23.4 Å². The average Bonchev–Trinajstić information content (AvgIpc) is 2.70. The molecule has 1 aliphatic rings. The van der Waals surface area contributed by atoms with Crippen LogP contribution in [0.4, 0.5) is 4.79 Å². The predicted molar refractivity (Wildman–Crippen MR) is 70.8 cm³/mol. The van der Waals surface area contributed by atoms with Crippen molar-refractivity contribution in [2.24, 2.45) is 5.92 Å². The maximum absolute atomic E-state index is 11.7. The largest absolute Gasteiger partial charge is 0.444 e. The van der Waals surface area contributed by atoms with Crippen molar-refractivity contribution in [1.29, 1.82) is 0 Å². The summed E-state index contributed by atoms with van der Waals surface area (Å²) in [6.07, 6.45) is -0.0414. The van der Waals surface area contributed by atoms with E-state index in [1.54, 1.807) is 20.8 Å². The highest BCUT2D eigenvalue weighted by Crippen LogP contribution is 2.17. The topological polar surface area (TPSA) is 93.7 Å². The fourth-order valence-corrected chi connectivity index (χ4v) is 1.98. The van der Waals surface area contributed by atoms with Crippen molar-refractivity contribution in [1.82, 2.24) is 10.6 Å². The van der Waals surface area contributed by atoms with Crippen molar-refractivity contribution in [2.75, 3.05) is 6.54 Å². The molecule has 8 heteroatoms. The Hall–Kier alpha value is -1.50. The molecule has 1 heterocycles. The number of carbonyl (C=O) groups excluding carboxylic acids is 3. The van der Waals surface area contributed by atoms with Gasteiger partial charge in [-0.2, -0.15) is 0 Å². The Balaban J connectivity index is 2.62. The second kappa shape index (κ2) is 6.78. The number of hydrogen-bond acceptors (Lipinski definition) is 5. The van der Waals surface area contributed by atoms with Gasteiger partial charge >= 0.3 is 12.1 Å². The first-order valence-electron chi connectivity index (χ1n) is 6.32. The van der Waals surface area contributed by atoms with Gasteiger partial charge in [0.25, 0.3) is 0 Å². The molecule has 20 heavy (non-hydrogen) atoms. The summed E-state index contributed by atoms with van der Waals surface area (Å²) < 4.78 is 9.17. The Kier molecular flexibility index (Phi) is 5.62. The molecule has 1 aliphatic heterocycles. The lowest BCUT2D eigenvalue weighted by Crippen LogP contribution is -2.45. The van der Waals surface area contributed by atoms with Gasteiger partial charge in [0.1, 0.15) is 23.5 Å². The van der Waals surface area contributed by atoms with E-state index in [9.17, 15) is 14.4 Å². The van der Waals surface area contributed by atoms with Gasteiger partial charge in [-0.1, -0.05) is 0 Å². The van der Waals surface area contributed by atoms with Crippen LogP contribution < -0.4 is 10.6 Å². The smallest absolute Gasteiger partial charge is 0.408 e. The molecule has 0 aromatic rings. The van der Waals surface area contributed by atoms with Crippen molar-refractivity contribution >= 4 is 29.8 Å². The van der Waals surface area contributed by atoms with Crippen molar-refractivity contribution in [3.8, 4) is 0 Å². The van der Waals surface area contributed by atoms with E-state index >= 15 is 0 Å².